The zero-order chi connectivity index (χ0) is 36.2. The number of carbonyl (C=O) groups is 2. The first-order valence-corrected chi connectivity index (χ1v) is 18.2. The summed E-state index contributed by atoms with van der Waals surface area (Å²) in [6, 6.07) is 18.4. The van der Waals surface area contributed by atoms with Crippen molar-refractivity contribution in [2.75, 3.05) is 20.2 Å². The van der Waals surface area contributed by atoms with E-state index in [1.165, 1.54) is 19.3 Å². The van der Waals surface area contributed by atoms with Crippen molar-refractivity contribution in [1.29, 1.82) is 0 Å². The van der Waals surface area contributed by atoms with Crippen LogP contribution in [0.25, 0.3) is 0 Å². The number of hydrogen-bond acceptors (Lipinski definition) is 8. The van der Waals surface area contributed by atoms with Gasteiger partial charge in [0.25, 0.3) is 0 Å². The second-order valence-electron chi connectivity index (χ2n) is 13.5. The van der Waals surface area contributed by atoms with Gasteiger partial charge in [-0.05, 0) is 110 Å². The molecule has 2 atom stereocenters. The van der Waals surface area contributed by atoms with Crippen molar-refractivity contribution in [1.82, 2.24) is 10.3 Å². The summed E-state index contributed by atoms with van der Waals surface area (Å²) in [6.45, 7) is 1.32. The normalized spacial score (nSPS) is 15.7. The first-order valence-electron chi connectivity index (χ1n) is 18.2. The molecule has 0 aliphatic heterocycles. The van der Waals surface area contributed by atoms with Crippen molar-refractivity contribution >= 4 is 11.6 Å². The molecule has 1 aliphatic carbocycles. The molecule has 5 rings (SSSR count). The van der Waals surface area contributed by atoms with Crippen molar-refractivity contribution in [3.05, 3.63) is 124 Å². The Balaban J connectivity index is 1.23. The lowest BCUT2D eigenvalue weighted by Crippen LogP contribution is -2.29. The standard InChI is InChI=1S/C42H52N4O5/c1-45-21-7-5-3-2-4-6-8-33(47)14-9-28-11-18-38(49)39(25-28)51-23-20-29-10-17-37(48)36(24-29)40-34-15-13-31(42(43)44)26-30(34)12-16-35(40)41(50)32-19-22-46-27-32/h6,8,10-11,13,15,17-19,22,24-27,35,40,42,45-46,48-49H,2-5,7,9,12,14,16,20-21,23,43-44H2,1H3. The molecule has 8 N–H and O–H groups in total. The molecule has 1 aliphatic rings. The van der Waals surface area contributed by atoms with Crippen LogP contribution >= 0.6 is 0 Å². The van der Waals surface area contributed by atoms with Gasteiger partial charge in [0.15, 0.2) is 23.1 Å². The number of allylic oxidation sites excluding steroid dienone is 2. The smallest absolute Gasteiger partial charge is 0.168 e. The Morgan fingerprint density at radius 2 is 1.73 bits per heavy atom. The number of aromatic amines is 1. The largest absolute Gasteiger partial charge is 0.508 e. The summed E-state index contributed by atoms with van der Waals surface area (Å²) in [4.78, 5) is 29.2. The Kier molecular flexibility index (Phi) is 13.6. The molecular formula is C42H52N4O5. The molecule has 51 heavy (non-hydrogen) atoms. The molecule has 0 saturated heterocycles. The van der Waals surface area contributed by atoms with Gasteiger partial charge >= 0.3 is 0 Å². The van der Waals surface area contributed by atoms with Crippen LogP contribution in [0.4, 0.5) is 0 Å². The molecule has 4 aromatic rings. The first-order chi connectivity index (χ1) is 24.7. The zero-order valence-electron chi connectivity index (χ0n) is 29.6. The number of benzene rings is 3. The Morgan fingerprint density at radius 3 is 2.49 bits per heavy atom. The number of ether oxygens (including phenoxy) is 1. The highest BCUT2D eigenvalue weighted by Crippen LogP contribution is 2.46. The number of rotatable bonds is 19. The van der Waals surface area contributed by atoms with Gasteiger partial charge in [-0.3, -0.25) is 9.59 Å². The number of unbranched alkanes of at least 4 members (excludes halogenated alkanes) is 4. The maximum Gasteiger partial charge on any atom is 0.168 e. The van der Waals surface area contributed by atoms with E-state index in [1.807, 2.05) is 49.5 Å². The summed E-state index contributed by atoms with van der Waals surface area (Å²) < 4.78 is 6.03. The van der Waals surface area contributed by atoms with Crippen molar-refractivity contribution in [3.8, 4) is 17.2 Å². The van der Waals surface area contributed by atoms with Crippen LogP contribution in [0.3, 0.4) is 0 Å². The molecule has 270 valence electrons. The van der Waals surface area contributed by atoms with Gasteiger partial charge in [-0.2, -0.15) is 0 Å². The van der Waals surface area contributed by atoms with E-state index < -0.39 is 6.17 Å². The summed E-state index contributed by atoms with van der Waals surface area (Å²) in [5.74, 6) is -0.106. The van der Waals surface area contributed by atoms with Crippen LogP contribution in [0.2, 0.25) is 0 Å². The fourth-order valence-corrected chi connectivity index (χ4v) is 7.01. The number of phenols is 2. The van der Waals surface area contributed by atoms with Crippen LogP contribution in [-0.2, 0) is 24.1 Å². The highest BCUT2D eigenvalue weighted by Gasteiger charge is 2.37. The number of carbonyl (C=O) groups excluding carboxylic acids is 2. The third-order valence-corrected chi connectivity index (χ3v) is 9.84. The van der Waals surface area contributed by atoms with E-state index in [-0.39, 0.29) is 41.5 Å². The molecule has 0 radical (unpaired) electrons. The first kappa shape index (κ1) is 37.6. The van der Waals surface area contributed by atoms with Gasteiger partial charge in [0.05, 0.1) is 12.8 Å². The number of Topliss-reactive ketones (excluding diaryl/α,β-unsaturated/α-hetero) is 1. The van der Waals surface area contributed by atoms with E-state index in [4.69, 9.17) is 16.2 Å². The number of aromatic nitrogens is 1. The summed E-state index contributed by atoms with van der Waals surface area (Å²) in [5.41, 5.74) is 18.0. The van der Waals surface area contributed by atoms with Crippen molar-refractivity contribution in [2.24, 2.45) is 17.4 Å². The monoisotopic (exact) mass is 692 g/mol. The second-order valence-corrected chi connectivity index (χ2v) is 13.5. The average molecular weight is 693 g/mol. The molecule has 3 aromatic carbocycles. The molecule has 0 bridgehead atoms. The summed E-state index contributed by atoms with van der Waals surface area (Å²) in [7, 11) is 1.97. The number of hydrogen-bond donors (Lipinski definition) is 6. The highest BCUT2D eigenvalue weighted by molar-refractivity contribution is 5.99. The lowest BCUT2D eigenvalue weighted by Gasteiger charge is -2.34. The zero-order valence-corrected chi connectivity index (χ0v) is 29.6. The maximum atomic E-state index is 13.8. The number of aryl methyl sites for hydroxylation is 2. The van der Waals surface area contributed by atoms with Crippen molar-refractivity contribution in [2.45, 2.75) is 76.3 Å². The average Bonchev–Trinajstić information content (AvgIpc) is 3.68. The highest BCUT2D eigenvalue weighted by atomic mass is 16.5. The molecule has 1 heterocycles. The molecule has 0 fully saturated rings. The third-order valence-electron chi connectivity index (χ3n) is 9.84. The second kappa shape index (κ2) is 18.5. The molecule has 0 amide bonds. The van der Waals surface area contributed by atoms with E-state index in [2.05, 4.69) is 10.3 Å². The third kappa shape index (κ3) is 10.2. The SMILES string of the molecule is CNCCCCCCC=CC(=O)CCc1ccc(O)c(OCCc2ccc(O)c(C3c4ccc(C(N)N)cc4CCC3C(=O)c3cc[nH]c3)c2)c1. The van der Waals surface area contributed by atoms with E-state index >= 15 is 0 Å². The van der Waals surface area contributed by atoms with Crippen LogP contribution in [-0.4, -0.2) is 47.0 Å². The van der Waals surface area contributed by atoms with Crippen LogP contribution in [0.15, 0.2) is 85.2 Å². The molecule has 9 nitrogen and oxygen atoms in total. The minimum Gasteiger partial charge on any atom is -0.508 e. The number of nitrogens with two attached hydrogens (primary N) is 2. The molecule has 2 unspecified atom stereocenters. The van der Waals surface area contributed by atoms with Gasteiger partial charge in [-0.25, -0.2) is 0 Å². The van der Waals surface area contributed by atoms with Crippen LogP contribution in [0.5, 0.6) is 17.2 Å². The van der Waals surface area contributed by atoms with Gasteiger partial charge in [0.1, 0.15) is 5.75 Å². The summed E-state index contributed by atoms with van der Waals surface area (Å²) in [6.07, 6.45) is 14.8. The Bertz CT molecular complexity index is 1780. The molecular weight excluding hydrogens is 640 g/mol. The predicted molar refractivity (Wildman–Crippen MR) is 201 cm³/mol. The molecule has 1 aromatic heterocycles. The van der Waals surface area contributed by atoms with E-state index in [9.17, 15) is 19.8 Å². The van der Waals surface area contributed by atoms with Gasteiger partial charge in [-0.1, -0.05) is 55.3 Å². The fraction of sp³-hybridized carbons (Fsp3) is 0.381. The lowest BCUT2D eigenvalue weighted by atomic mass is 9.68. The van der Waals surface area contributed by atoms with Crippen LogP contribution < -0.4 is 21.5 Å². The Morgan fingerprint density at radius 1 is 0.941 bits per heavy atom. The van der Waals surface area contributed by atoms with Crippen molar-refractivity contribution < 1.29 is 24.5 Å². The van der Waals surface area contributed by atoms with Crippen LogP contribution in [0.1, 0.15) is 101 Å². The number of phenolic OH excluding ortho intramolecular Hbond substituents is 2. The van der Waals surface area contributed by atoms with Crippen molar-refractivity contribution in [3.63, 3.8) is 0 Å². The fourth-order valence-electron chi connectivity index (χ4n) is 7.01. The van der Waals surface area contributed by atoms with E-state index in [0.717, 1.165) is 47.2 Å². The number of nitrogens with one attached hydrogen (secondary N) is 2. The summed E-state index contributed by atoms with van der Waals surface area (Å²) >= 11 is 0. The number of ketones is 2. The topological polar surface area (TPSA) is 164 Å². The number of aromatic hydroxyl groups is 2. The van der Waals surface area contributed by atoms with Gasteiger partial charge in [0.2, 0.25) is 0 Å². The minimum atomic E-state index is -0.604. The predicted octanol–water partition coefficient (Wildman–Crippen LogP) is 6.77. The van der Waals surface area contributed by atoms with Crippen LogP contribution in [0, 0.1) is 5.92 Å². The molecule has 9 heteroatoms. The number of H-pyrrole nitrogens is 1. The minimum absolute atomic E-state index is 0.0269. The maximum absolute atomic E-state index is 13.8. The Hall–Kier alpha value is -4.70. The Labute approximate surface area is 301 Å². The lowest BCUT2D eigenvalue weighted by molar-refractivity contribution is -0.114. The van der Waals surface area contributed by atoms with Gasteiger partial charge < -0.3 is 36.7 Å². The van der Waals surface area contributed by atoms with E-state index in [0.29, 0.717) is 49.0 Å². The van der Waals surface area contributed by atoms with Gasteiger partial charge in [0, 0.05) is 48.2 Å². The van der Waals surface area contributed by atoms with E-state index in [1.54, 1.807) is 42.7 Å². The molecule has 0 spiro atoms. The quantitative estimate of drug-likeness (QED) is 0.0271. The van der Waals surface area contributed by atoms with Gasteiger partial charge in [-0.15, -0.1) is 0 Å². The summed E-state index contributed by atoms with van der Waals surface area (Å²) in [5, 5.41) is 24.9. The number of fused-ring (bicyclic) bond motifs is 1. The molecule has 0 saturated carbocycles.